The third-order valence-corrected chi connectivity index (χ3v) is 4.69. The summed E-state index contributed by atoms with van der Waals surface area (Å²) >= 11 is 0. The molecule has 1 aromatic rings. The van der Waals surface area contributed by atoms with E-state index in [1.54, 1.807) is 0 Å². The first-order chi connectivity index (χ1) is 15.3. The lowest BCUT2D eigenvalue weighted by Crippen LogP contribution is -2.35. The number of nitrogens with zero attached hydrogens (tertiary/aromatic N) is 1. The van der Waals surface area contributed by atoms with Crippen molar-refractivity contribution in [1.82, 2.24) is 5.32 Å². The summed E-state index contributed by atoms with van der Waals surface area (Å²) in [5.74, 6) is -6.44. The number of esters is 2. The molecule has 0 saturated carbocycles. The summed E-state index contributed by atoms with van der Waals surface area (Å²) in [5, 5.41) is 13.7. The van der Waals surface area contributed by atoms with Crippen LogP contribution in [0.5, 0.6) is 0 Å². The number of nitro benzene ring substituents is 1. The first-order valence-electron chi connectivity index (χ1n) is 9.36. The molecule has 1 N–H and O–H groups in total. The third-order valence-electron chi connectivity index (χ3n) is 4.69. The lowest BCUT2D eigenvalue weighted by molar-refractivity contribution is -0.388. The zero-order chi connectivity index (χ0) is 25.2. The first kappa shape index (κ1) is 25.7. The van der Waals surface area contributed by atoms with Crippen molar-refractivity contribution in [2.24, 2.45) is 0 Å². The lowest BCUT2D eigenvalue weighted by Gasteiger charge is -2.32. The number of carbonyl (C=O) groups excluding carboxylic acids is 2. The van der Waals surface area contributed by atoms with Crippen LogP contribution in [0, 0.1) is 15.9 Å². The van der Waals surface area contributed by atoms with E-state index in [1.807, 2.05) is 0 Å². The third kappa shape index (κ3) is 4.96. The quantitative estimate of drug-likeness (QED) is 0.284. The maximum atomic E-state index is 15.0. The Hall–Kier alpha value is -3.51. The molecule has 0 saturated heterocycles. The van der Waals surface area contributed by atoms with Gasteiger partial charge in [-0.25, -0.2) is 18.4 Å². The van der Waals surface area contributed by atoms with Crippen molar-refractivity contribution in [3.8, 4) is 0 Å². The van der Waals surface area contributed by atoms with Gasteiger partial charge in [0, 0.05) is 17.3 Å². The van der Waals surface area contributed by atoms with E-state index in [2.05, 4.69) is 10.1 Å². The van der Waals surface area contributed by atoms with E-state index in [-0.39, 0.29) is 5.70 Å². The maximum absolute atomic E-state index is 15.0. The van der Waals surface area contributed by atoms with Gasteiger partial charge in [-0.15, -0.1) is 0 Å². The Labute approximate surface area is 184 Å². The number of nitrogens with one attached hydrogen (secondary N) is 1. The van der Waals surface area contributed by atoms with Crippen molar-refractivity contribution in [1.29, 1.82) is 0 Å². The molecule has 0 fully saturated rings. The zero-order valence-corrected chi connectivity index (χ0v) is 17.8. The van der Waals surface area contributed by atoms with E-state index in [0.717, 1.165) is 7.11 Å². The topological polar surface area (TPSA) is 108 Å². The molecule has 0 bridgehead atoms. The number of alkyl halides is 4. The number of ether oxygens (including phenoxy) is 2. The average molecular weight is 478 g/mol. The van der Waals surface area contributed by atoms with Crippen molar-refractivity contribution in [2.45, 2.75) is 39.0 Å². The monoisotopic (exact) mass is 478 g/mol. The van der Waals surface area contributed by atoms with Crippen LogP contribution < -0.4 is 5.32 Å². The number of dihydropyridines is 1. The van der Waals surface area contributed by atoms with Crippen LogP contribution in [0.1, 0.15) is 37.8 Å². The molecule has 1 atom stereocenters. The van der Waals surface area contributed by atoms with Gasteiger partial charge in [0.1, 0.15) is 18.1 Å². The van der Waals surface area contributed by atoms with Gasteiger partial charge in [-0.1, -0.05) is 0 Å². The van der Waals surface area contributed by atoms with Gasteiger partial charge >= 0.3 is 18.1 Å². The molecule has 1 unspecified atom stereocenters. The number of benzene rings is 1. The number of rotatable bonds is 6. The summed E-state index contributed by atoms with van der Waals surface area (Å²) in [5.41, 5.74) is -7.29. The summed E-state index contributed by atoms with van der Waals surface area (Å²) in [6.07, 6.45) is -6.26. The van der Waals surface area contributed by atoms with E-state index in [4.69, 9.17) is 4.74 Å². The molecule has 8 nitrogen and oxygen atoms in total. The second-order valence-electron chi connectivity index (χ2n) is 7.18. The number of hydrogen-bond acceptors (Lipinski definition) is 7. The van der Waals surface area contributed by atoms with Crippen LogP contribution in [0.2, 0.25) is 0 Å². The number of allylic oxidation sites excluding steroid dienone is 2. The number of hydrogen-bond donors (Lipinski definition) is 1. The number of methoxy groups -OCH3 is 1. The van der Waals surface area contributed by atoms with E-state index >= 15 is 4.39 Å². The molecule has 0 aromatic heterocycles. The molecule has 180 valence electrons. The molecule has 0 aliphatic carbocycles. The fraction of sp³-hybridized carbons (Fsp3) is 0.400. The molecule has 2 rings (SSSR count). The first-order valence-corrected chi connectivity index (χ1v) is 9.36. The highest BCUT2D eigenvalue weighted by Gasteiger charge is 2.49. The molecular formula is C20H19F5N2O6. The summed E-state index contributed by atoms with van der Waals surface area (Å²) < 4.78 is 80.4. The average Bonchev–Trinajstić information content (AvgIpc) is 2.70. The summed E-state index contributed by atoms with van der Waals surface area (Å²) in [7, 11) is 0.841. The Morgan fingerprint density at radius 2 is 1.82 bits per heavy atom. The minimum Gasteiger partial charge on any atom is -0.466 e. The van der Waals surface area contributed by atoms with Crippen LogP contribution in [0.3, 0.4) is 0 Å². The normalized spacial score (nSPS) is 16.6. The largest absolute Gasteiger partial charge is 0.466 e. The fourth-order valence-corrected chi connectivity index (χ4v) is 3.50. The van der Waals surface area contributed by atoms with Crippen LogP contribution in [-0.2, 0) is 25.2 Å². The minimum atomic E-state index is -5.48. The van der Waals surface area contributed by atoms with Crippen molar-refractivity contribution in [3.63, 3.8) is 0 Å². The fourth-order valence-electron chi connectivity index (χ4n) is 3.50. The van der Waals surface area contributed by atoms with Gasteiger partial charge in [0.25, 0.3) is 5.69 Å². The number of carbonyl (C=O) groups is 2. The molecular weight excluding hydrogens is 459 g/mol. The van der Waals surface area contributed by atoms with E-state index in [9.17, 15) is 37.3 Å². The van der Waals surface area contributed by atoms with E-state index in [0.29, 0.717) is 12.1 Å². The maximum Gasteiger partial charge on any atom is 0.423 e. The van der Waals surface area contributed by atoms with Gasteiger partial charge in [0.05, 0.1) is 40.9 Å². The van der Waals surface area contributed by atoms with E-state index < -0.39 is 81.2 Å². The molecule has 0 amide bonds. The highest BCUT2D eigenvalue weighted by atomic mass is 19.4. The smallest absolute Gasteiger partial charge is 0.423 e. The highest BCUT2D eigenvalue weighted by molar-refractivity contribution is 6.00. The van der Waals surface area contributed by atoms with Crippen LogP contribution in [0.25, 0.3) is 0 Å². The molecule has 1 aromatic carbocycles. The molecule has 13 heteroatoms. The van der Waals surface area contributed by atoms with E-state index in [1.165, 1.54) is 20.8 Å². The molecule has 33 heavy (non-hydrogen) atoms. The Kier molecular flexibility index (Phi) is 7.45. The van der Waals surface area contributed by atoms with Crippen molar-refractivity contribution in [2.75, 3.05) is 13.8 Å². The SMILES string of the molecule is COC(=O)C1=C(CF)NC(C)=C(C(=O)OC(C)C)C1c1c(F)ccc([N+](=O)[O-])c1C(F)(F)F. The standard InChI is InChI=1S/C20H19F5N2O6/c1-8(2)33-19(29)13-9(3)26-11(7-21)15(18(28)32-4)16(13)14-10(22)5-6-12(27(30)31)17(14)20(23,24)25/h5-6,8,16,26H,7H2,1-4H3. The van der Waals surface area contributed by atoms with Crippen LogP contribution in [-0.4, -0.2) is 36.8 Å². The second-order valence-corrected chi connectivity index (χ2v) is 7.18. The molecule has 0 spiro atoms. The van der Waals surface area contributed by atoms with Crippen molar-refractivity contribution in [3.05, 3.63) is 61.7 Å². The van der Waals surface area contributed by atoms with Gasteiger partial charge in [-0.3, -0.25) is 10.1 Å². The number of halogens is 5. The summed E-state index contributed by atoms with van der Waals surface area (Å²) in [4.78, 5) is 35.3. The molecule has 1 heterocycles. The van der Waals surface area contributed by atoms with Crippen molar-refractivity contribution >= 4 is 17.6 Å². The summed E-state index contributed by atoms with van der Waals surface area (Å²) in [6, 6.07) is 0.707. The Balaban J connectivity index is 3.07. The van der Waals surface area contributed by atoms with Gasteiger partial charge < -0.3 is 14.8 Å². The Bertz CT molecular complexity index is 1060. The van der Waals surface area contributed by atoms with Crippen molar-refractivity contribution < 1.29 is 45.9 Å². The van der Waals surface area contributed by atoms with Crippen LogP contribution in [0.15, 0.2) is 34.7 Å². The Morgan fingerprint density at radius 3 is 2.27 bits per heavy atom. The van der Waals surface area contributed by atoms with Gasteiger partial charge in [-0.05, 0) is 26.8 Å². The number of nitro groups is 1. The Morgan fingerprint density at radius 1 is 1.21 bits per heavy atom. The predicted molar refractivity (Wildman–Crippen MR) is 103 cm³/mol. The highest BCUT2D eigenvalue weighted by Crippen LogP contribution is 2.48. The van der Waals surface area contributed by atoms with Gasteiger partial charge in [0.2, 0.25) is 0 Å². The summed E-state index contributed by atoms with van der Waals surface area (Å²) in [6.45, 7) is 2.61. The zero-order valence-electron chi connectivity index (χ0n) is 17.8. The van der Waals surface area contributed by atoms with Gasteiger partial charge in [-0.2, -0.15) is 13.2 Å². The molecule has 1 aliphatic heterocycles. The second kappa shape index (κ2) is 9.55. The molecule has 1 aliphatic rings. The van der Waals surface area contributed by atoms with Crippen LogP contribution >= 0.6 is 0 Å². The van der Waals surface area contributed by atoms with Crippen LogP contribution in [0.4, 0.5) is 27.6 Å². The van der Waals surface area contributed by atoms with Gasteiger partial charge in [0.15, 0.2) is 0 Å². The predicted octanol–water partition coefficient (Wildman–Crippen LogP) is 4.06. The lowest BCUT2D eigenvalue weighted by atomic mass is 9.77. The molecule has 0 radical (unpaired) electrons. The minimum absolute atomic E-state index is 0.231.